The molecule has 8 heteroatoms. The summed E-state index contributed by atoms with van der Waals surface area (Å²) in [4.78, 5) is 15.7. The number of aryl methyl sites for hydroxylation is 1. The Hall–Kier alpha value is -2.83. The second-order valence-corrected chi connectivity index (χ2v) is 7.57. The first-order valence-electron chi connectivity index (χ1n) is 9.23. The van der Waals surface area contributed by atoms with Gasteiger partial charge in [-0.25, -0.2) is 0 Å². The Morgan fingerprint density at radius 3 is 2.83 bits per heavy atom. The molecule has 0 bridgehead atoms. The molecule has 2 aromatic carbocycles. The Kier molecular flexibility index (Phi) is 5.83. The number of amides is 1. The number of para-hydroxylation sites is 1. The molecule has 148 valence electrons. The van der Waals surface area contributed by atoms with Crippen molar-refractivity contribution >= 4 is 40.0 Å². The second kappa shape index (κ2) is 8.68. The number of aromatic amines is 1. The summed E-state index contributed by atoms with van der Waals surface area (Å²) in [5, 5.41) is 12.9. The van der Waals surface area contributed by atoms with Crippen LogP contribution in [0.15, 0.2) is 61.1 Å². The number of carbonyl (C=O) groups excluding carboxylic acids is 1. The number of nitrogens with one attached hydrogen (secondary N) is 2. The minimum absolute atomic E-state index is 0.0598. The van der Waals surface area contributed by atoms with Gasteiger partial charge in [0.2, 0.25) is 5.91 Å². The fourth-order valence-electron chi connectivity index (χ4n) is 3.43. The molecule has 2 heterocycles. The molecule has 4 rings (SSSR count). The number of rotatable bonds is 7. The van der Waals surface area contributed by atoms with Crippen LogP contribution in [0, 0.1) is 0 Å². The lowest BCUT2D eigenvalue weighted by Gasteiger charge is -2.20. The van der Waals surface area contributed by atoms with Crippen molar-refractivity contribution < 1.29 is 4.79 Å². The first-order valence-corrected chi connectivity index (χ1v) is 9.99. The highest BCUT2D eigenvalue weighted by Crippen LogP contribution is 2.35. The molecule has 0 radical (unpaired) electrons. The highest BCUT2D eigenvalue weighted by molar-refractivity contribution is 6.35. The number of halogens is 2. The quantitative estimate of drug-likeness (QED) is 0.458. The first kappa shape index (κ1) is 19.5. The average Bonchev–Trinajstić information content (AvgIpc) is 3.38. The number of hydrogen-bond donors (Lipinski definition) is 2. The number of aromatic nitrogens is 4. The molecule has 0 saturated carbocycles. The third-order valence-electron chi connectivity index (χ3n) is 4.88. The zero-order chi connectivity index (χ0) is 20.2. The number of benzene rings is 2. The zero-order valence-corrected chi connectivity index (χ0v) is 17.0. The third-order valence-corrected chi connectivity index (χ3v) is 5.44. The summed E-state index contributed by atoms with van der Waals surface area (Å²) in [6, 6.07) is 13.5. The van der Waals surface area contributed by atoms with E-state index in [1.54, 1.807) is 23.1 Å². The van der Waals surface area contributed by atoms with Gasteiger partial charge in [-0.05, 0) is 29.3 Å². The minimum Gasteiger partial charge on any atom is -0.361 e. The molecule has 2 N–H and O–H groups in total. The van der Waals surface area contributed by atoms with Gasteiger partial charge in [0.05, 0.1) is 12.7 Å². The van der Waals surface area contributed by atoms with Crippen molar-refractivity contribution in [1.29, 1.82) is 0 Å². The fraction of sp³-hybridized carbons (Fsp3) is 0.190. The summed E-state index contributed by atoms with van der Waals surface area (Å²) < 4.78 is 1.63. The van der Waals surface area contributed by atoms with Crippen molar-refractivity contribution in [3.63, 3.8) is 0 Å². The molecule has 0 saturated heterocycles. The van der Waals surface area contributed by atoms with Gasteiger partial charge < -0.3 is 10.3 Å². The SMILES string of the molecule is O=C(CCn1ccnn1)NCC(c1ccc(Cl)cc1Cl)c1c[nH]c2ccccc12. The van der Waals surface area contributed by atoms with Crippen molar-refractivity contribution in [3.8, 4) is 0 Å². The highest BCUT2D eigenvalue weighted by Gasteiger charge is 2.21. The van der Waals surface area contributed by atoms with Crippen LogP contribution < -0.4 is 5.32 Å². The van der Waals surface area contributed by atoms with E-state index in [4.69, 9.17) is 23.2 Å². The second-order valence-electron chi connectivity index (χ2n) is 6.73. The molecule has 1 atom stereocenters. The summed E-state index contributed by atoms with van der Waals surface area (Å²) in [6.07, 6.45) is 5.61. The Labute approximate surface area is 177 Å². The molecule has 0 aliphatic carbocycles. The summed E-state index contributed by atoms with van der Waals surface area (Å²) in [6.45, 7) is 0.894. The first-order chi connectivity index (χ1) is 14.1. The van der Waals surface area contributed by atoms with Gasteiger partial charge in [0.1, 0.15) is 0 Å². The van der Waals surface area contributed by atoms with E-state index in [-0.39, 0.29) is 11.8 Å². The smallest absolute Gasteiger partial charge is 0.221 e. The van der Waals surface area contributed by atoms with Crippen molar-refractivity contribution in [2.24, 2.45) is 0 Å². The summed E-state index contributed by atoms with van der Waals surface area (Å²) in [5.41, 5.74) is 3.02. The molecule has 0 fully saturated rings. The standard InChI is InChI=1S/C21H19Cl2N5O/c22-14-5-6-15(19(23)11-14)17(18-12-24-20-4-2-1-3-16(18)20)13-25-21(29)7-9-28-10-8-26-27-28/h1-6,8,10-12,17,24H,7,9,13H2,(H,25,29). The molecule has 29 heavy (non-hydrogen) atoms. The zero-order valence-electron chi connectivity index (χ0n) is 15.5. The van der Waals surface area contributed by atoms with Crippen LogP contribution in [0.5, 0.6) is 0 Å². The van der Waals surface area contributed by atoms with Gasteiger partial charge in [-0.3, -0.25) is 9.48 Å². The van der Waals surface area contributed by atoms with E-state index in [1.807, 2.05) is 36.5 Å². The molecule has 0 aliphatic rings. The average molecular weight is 428 g/mol. The van der Waals surface area contributed by atoms with Crippen LogP contribution >= 0.6 is 23.2 Å². The number of nitrogens with zero attached hydrogens (tertiary/aromatic N) is 3. The van der Waals surface area contributed by atoms with Gasteiger partial charge in [0.15, 0.2) is 0 Å². The van der Waals surface area contributed by atoms with E-state index in [0.29, 0.717) is 29.6 Å². The molecule has 0 aliphatic heterocycles. The van der Waals surface area contributed by atoms with Crippen molar-refractivity contribution in [2.45, 2.75) is 18.9 Å². The van der Waals surface area contributed by atoms with Gasteiger partial charge in [0.25, 0.3) is 0 Å². The van der Waals surface area contributed by atoms with Crippen LogP contribution in [-0.4, -0.2) is 32.4 Å². The van der Waals surface area contributed by atoms with Crippen molar-refractivity contribution in [3.05, 3.63) is 82.2 Å². The van der Waals surface area contributed by atoms with Crippen LogP contribution in [-0.2, 0) is 11.3 Å². The maximum atomic E-state index is 12.4. The highest BCUT2D eigenvalue weighted by atomic mass is 35.5. The molecule has 0 spiro atoms. The van der Waals surface area contributed by atoms with Crippen LogP contribution in [0.2, 0.25) is 10.0 Å². The number of carbonyl (C=O) groups is 1. The molecule has 6 nitrogen and oxygen atoms in total. The molecule has 2 aromatic heterocycles. The summed E-state index contributed by atoms with van der Waals surface area (Å²) in [5.74, 6) is -0.179. The lowest BCUT2D eigenvalue weighted by atomic mass is 9.90. The van der Waals surface area contributed by atoms with Crippen LogP contribution in [0.4, 0.5) is 0 Å². The summed E-state index contributed by atoms with van der Waals surface area (Å²) >= 11 is 12.6. The minimum atomic E-state index is -0.119. The van der Waals surface area contributed by atoms with Crippen molar-refractivity contribution in [2.75, 3.05) is 6.54 Å². The number of fused-ring (bicyclic) bond motifs is 1. The number of hydrogen-bond acceptors (Lipinski definition) is 3. The lowest BCUT2D eigenvalue weighted by Crippen LogP contribution is -2.29. The van der Waals surface area contributed by atoms with Gasteiger partial charge >= 0.3 is 0 Å². The van der Waals surface area contributed by atoms with Gasteiger partial charge in [0, 0.05) is 52.2 Å². The molecule has 1 amide bonds. The fourth-order valence-corrected chi connectivity index (χ4v) is 3.97. The van der Waals surface area contributed by atoms with Crippen molar-refractivity contribution in [1.82, 2.24) is 25.3 Å². The monoisotopic (exact) mass is 427 g/mol. The van der Waals surface area contributed by atoms with Gasteiger partial charge in [-0.2, -0.15) is 0 Å². The van der Waals surface area contributed by atoms with Gasteiger partial charge in [-0.1, -0.05) is 52.7 Å². The molecular weight excluding hydrogens is 409 g/mol. The summed E-state index contributed by atoms with van der Waals surface area (Å²) in [7, 11) is 0. The van der Waals surface area contributed by atoms with E-state index >= 15 is 0 Å². The molecular formula is C21H19Cl2N5O. The maximum absolute atomic E-state index is 12.4. The van der Waals surface area contributed by atoms with E-state index in [9.17, 15) is 4.79 Å². The van der Waals surface area contributed by atoms with Gasteiger partial charge in [-0.15, -0.1) is 5.10 Å². The van der Waals surface area contributed by atoms with E-state index < -0.39 is 0 Å². The van der Waals surface area contributed by atoms with Crippen LogP contribution in [0.25, 0.3) is 10.9 Å². The lowest BCUT2D eigenvalue weighted by molar-refractivity contribution is -0.121. The Morgan fingerprint density at radius 1 is 1.17 bits per heavy atom. The van der Waals surface area contributed by atoms with E-state index in [2.05, 4.69) is 26.7 Å². The Bertz CT molecular complexity index is 1120. The normalized spacial score (nSPS) is 12.2. The van der Waals surface area contributed by atoms with Crippen LogP contribution in [0.1, 0.15) is 23.5 Å². The Balaban J connectivity index is 1.57. The molecule has 4 aromatic rings. The van der Waals surface area contributed by atoms with E-state index in [1.165, 1.54) is 0 Å². The number of H-pyrrole nitrogens is 1. The topological polar surface area (TPSA) is 75.6 Å². The third kappa shape index (κ3) is 4.44. The van der Waals surface area contributed by atoms with E-state index in [0.717, 1.165) is 22.0 Å². The largest absolute Gasteiger partial charge is 0.361 e. The maximum Gasteiger partial charge on any atom is 0.221 e. The van der Waals surface area contributed by atoms with Crippen LogP contribution in [0.3, 0.4) is 0 Å². The predicted molar refractivity (Wildman–Crippen MR) is 114 cm³/mol. The molecule has 1 unspecified atom stereocenters. The predicted octanol–water partition coefficient (Wildman–Crippen LogP) is 4.40. The Morgan fingerprint density at radius 2 is 2.03 bits per heavy atom.